The zero-order valence-electron chi connectivity index (χ0n) is 19.1. The molecule has 8 nitrogen and oxygen atoms in total. The lowest BCUT2D eigenvalue weighted by Crippen LogP contribution is -2.35. The van der Waals surface area contributed by atoms with E-state index in [1.165, 1.54) is 53.9 Å². The van der Waals surface area contributed by atoms with Crippen LogP contribution in [0, 0.1) is 0 Å². The number of halogens is 1. The molecule has 10 heteroatoms. The van der Waals surface area contributed by atoms with Crippen LogP contribution in [0.5, 0.6) is 0 Å². The van der Waals surface area contributed by atoms with Gasteiger partial charge in [0.25, 0.3) is 10.0 Å². The van der Waals surface area contributed by atoms with E-state index >= 15 is 0 Å². The molecule has 35 heavy (non-hydrogen) atoms. The number of methoxy groups -OCH3 is 2. The fourth-order valence-corrected chi connectivity index (χ4v) is 5.83. The maximum atomic E-state index is 13.7. The van der Waals surface area contributed by atoms with Crippen molar-refractivity contribution in [3.63, 3.8) is 0 Å². The van der Waals surface area contributed by atoms with Crippen molar-refractivity contribution >= 4 is 44.9 Å². The molecule has 182 valence electrons. The van der Waals surface area contributed by atoms with Crippen molar-refractivity contribution in [2.45, 2.75) is 17.7 Å². The molecule has 0 radical (unpaired) electrons. The fraction of sp³-hybridized carbons (Fsp3) is 0.200. The Morgan fingerprint density at radius 3 is 2.46 bits per heavy atom. The first kappa shape index (κ1) is 24.6. The van der Waals surface area contributed by atoms with E-state index < -0.39 is 22.0 Å². The number of rotatable bonds is 5. The Bertz CT molecular complexity index is 1380. The van der Waals surface area contributed by atoms with Crippen LogP contribution in [0.1, 0.15) is 12.0 Å². The van der Waals surface area contributed by atoms with E-state index in [4.69, 9.17) is 21.1 Å². The summed E-state index contributed by atoms with van der Waals surface area (Å²) >= 11 is 6.48. The van der Waals surface area contributed by atoms with Crippen LogP contribution in [0.2, 0.25) is 5.02 Å². The molecule has 0 spiro atoms. The summed E-state index contributed by atoms with van der Waals surface area (Å²) in [5.74, 6) is -1.59. The van der Waals surface area contributed by atoms with Gasteiger partial charge in [-0.15, -0.1) is 0 Å². The van der Waals surface area contributed by atoms with Crippen molar-refractivity contribution in [2.75, 3.05) is 30.0 Å². The number of carbonyl (C=O) groups excluding carboxylic acids is 2. The highest BCUT2D eigenvalue weighted by molar-refractivity contribution is 7.92. The number of ether oxygens (including phenoxy) is 2. The summed E-state index contributed by atoms with van der Waals surface area (Å²) < 4.78 is 38.5. The Labute approximate surface area is 208 Å². The van der Waals surface area contributed by atoms with Gasteiger partial charge in [-0.1, -0.05) is 35.9 Å². The van der Waals surface area contributed by atoms with Crippen LogP contribution in [0.4, 0.5) is 11.4 Å². The number of sulfonamides is 1. The fourth-order valence-electron chi connectivity index (χ4n) is 4.06. The third-order valence-electron chi connectivity index (χ3n) is 5.72. The van der Waals surface area contributed by atoms with Crippen molar-refractivity contribution in [3.8, 4) is 0 Å². The Kier molecular flexibility index (Phi) is 7.00. The van der Waals surface area contributed by atoms with Gasteiger partial charge in [0.1, 0.15) is 5.70 Å². The largest absolute Gasteiger partial charge is 0.465 e. The smallest absolute Gasteiger partial charge is 0.355 e. The molecular formula is C25H23ClN2O6S. The van der Waals surface area contributed by atoms with Gasteiger partial charge in [0.05, 0.1) is 41.1 Å². The quantitative estimate of drug-likeness (QED) is 0.557. The van der Waals surface area contributed by atoms with Crippen molar-refractivity contribution < 1.29 is 27.5 Å². The minimum absolute atomic E-state index is 0.0111. The maximum Gasteiger partial charge on any atom is 0.355 e. The SMILES string of the molecule is COC(=O)C1=C(C(=O)OC)N(c2cc(S(=O)(=O)N3CCCc4ccccc43)ccc2Cl)C=CC=C1. The Hall–Kier alpha value is -3.56. The average molecular weight is 515 g/mol. The van der Waals surface area contributed by atoms with Gasteiger partial charge in [-0.25, -0.2) is 18.0 Å². The summed E-state index contributed by atoms with van der Waals surface area (Å²) in [6, 6.07) is 11.6. The molecule has 0 aromatic heterocycles. The van der Waals surface area contributed by atoms with Crippen LogP contribution in [0.3, 0.4) is 0 Å². The summed E-state index contributed by atoms with van der Waals surface area (Å²) in [7, 11) is -1.59. The summed E-state index contributed by atoms with van der Waals surface area (Å²) in [5, 5.41) is 0.167. The average Bonchev–Trinajstić information content (AvgIpc) is 3.10. The molecule has 2 aliphatic heterocycles. The van der Waals surface area contributed by atoms with Crippen molar-refractivity contribution in [3.05, 3.63) is 88.7 Å². The zero-order valence-corrected chi connectivity index (χ0v) is 20.7. The van der Waals surface area contributed by atoms with Gasteiger partial charge in [-0.2, -0.15) is 0 Å². The van der Waals surface area contributed by atoms with E-state index in [2.05, 4.69) is 0 Å². The summed E-state index contributed by atoms with van der Waals surface area (Å²) in [6.45, 7) is 0.338. The van der Waals surface area contributed by atoms with Gasteiger partial charge >= 0.3 is 11.9 Å². The predicted molar refractivity (Wildman–Crippen MR) is 133 cm³/mol. The number of nitrogens with zero attached hydrogens (tertiary/aromatic N) is 2. The van der Waals surface area contributed by atoms with Crippen LogP contribution in [-0.2, 0) is 35.5 Å². The van der Waals surface area contributed by atoms with E-state index in [0.29, 0.717) is 18.7 Å². The summed E-state index contributed by atoms with van der Waals surface area (Å²) in [5.41, 5.74) is 1.54. The van der Waals surface area contributed by atoms with Crippen molar-refractivity contribution in [1.29, 1.82) is 0 Å². The van der Waals surface area contributed by atoms with Crippen molar-refractivity contribution in [1.82, 2.24) is 0 Å². The van der Waals surface area contributed by atoms with Gasteiger partial charge < -0.3 is 14.4 Å². The number of hydrogen-bond acceptors (Lipinski definition) is 7. The molecule has 0 amide bonds. The number of anilines is 2. The number of benzene rings is 2. The minimum Gasteiger partial charge on any atom is -0.465 e. The Morgan fingerprint density at radius 1 is 0.971 bits per heavy atom. The van der Waals surface area contributed by atoms with Gasteiger partial charge in [0.15, 0.2) is 0 Å². The summed E-state index contributed by atoms with van der Waals surface area (Å²) in [4.78, 5) is 26.5. The molecule has 0 bridgehead atoms. The highest BCUT2D eigenvalue weighted by atomic mass is 35.5. The number of carbonyl (C=O) groups is 2. The molecule has 0 N–H and O–H groups in total. The second-order valence-corrected chi connectivity index (χ2v) is 10.0. The number of allylic oxidation sites excluding steroid dienone is 2. The van der Waals surface area contributed by atoms with Crippen LogP contribution < -0.4 is 9.21 Å². The lowest BCUT2D eigenvalue weighted by Gasteiger charge is -2.31. The van der Waals surface area contributed by atoms with E-state index in [0.717, 1.165) is 12.0 Å². The third-order valence-corrected chi connectivity index (χ3v) is 7.85. The van der Waals surface area contributed by atoms with E-state index in [-0.39, 0.29) is 26.9 Å². The van der Waals surface area contributed by atoms with Crippen LogP contribution in [0.15, 0.2) is 83.1 Å². The molecular weight excluding hydrogens is 492 g/mol. The molecule has 0 atom stereocenters. The lowest BCUT2D eigenvalue weighted by molar-refractivity contribution is -0.139. The highest BCUT2D eigenvalue weighted by Crippen LogP contribution is 2.37. The second kappa shape index (κ2) is 9.97. The zero-order chi connectivity index (χ0) is 25.2. The molecule has 2 aromatic carbocycles. The number of para-hydroxylation sites is 1. The van der Waals surface area contributed by atoms with Crippen LogP contribution in [0.25, 0.3) is 0 Å². The monoisotopic (exact) mass is 514 g/mol. The first-order valence-electron chi connectivity index (χ1n) is 10.7. The van der Waals surface area contributed by atoms with Crippen molar-refractivity contribution in [2.24, 2.45) is 0 Å². The third kappa shape index (κ3) is 4.56. The second-order valence-electron chi connectivity index (χ2n) is 7.74. The number of esters is 2. The van der Waals surface area contributed by atoms with Gasteiger partial charge in [-0.3, -0.25) is 4.31 Å². The number of aryl methyl sites for hydroxylation is 1. The van der Waals surface area contributed by atoms with Gasteiger partial charge in [0.2, 0.25) is 0 Å². The highest BCUT2D eigenvalue weighted by Gasteiger charge is 2.32. The molecule has 0 saturated heterocycles. The van der Waals surface area contributed by atoms with E-state index in [1.54, 1.807) is 24.3 Å². The van der Waals surface area contributed by atoms with Gasteiger partial charge in [-0.05, 0) is 54.8 Å². The van der Waals surface area contributed by atoms with E-state index in [1.807, 2.05) is 12.1 Å². The normalized spacial score (nSPS) is 15.5. The molecule has 2 aromatic rings. The number of fused-ring (bicyclic) bond motifs is 1. The molecule has 2 aliphatic rings. The first-order chi connectivity index (χ1) is 16.8. The van der Waals surface area contributed by atoms with Gasteiger partial charge in [0, 0.05) is 12.7 Å². The molecule has 0 unspecified atom stereocenters. The molecule has 0 fully saturated rings. The predicted octanol–water partition coefficient (Wildman–Crippen LogP) is 3.97. The van der Waals surface area contributed by atoms with Crippen LogP contribution in [-0.4, -0.2) is 41.1 Å². The molecule has 2 heterocycles. The number of hydrogen-bond donors (Lipinski definition) is 0. The maximum absolute atomic E-state index is 13.7. The first-order valence-corrected chi connectivity index (χ1v) is 12.6. The van der Waals surface area contributed by atoms with E-state index in [9.17, 15) is 18.0 Å². The molecule has 0 saturated carbocycles. The standard InChI is InChI=1S/C25H23ClN2O6S/c1-33-24(29)19-10-5-6-14-27(23(19)25(30)34-2)22-16-18(12-13-20(22)26)35(31,32)28-15-7-9-17-8-3-4-11-21(17)28/h3-6,8,10-14,16H,7,9,15H2,1-2H3. The lowest BCUT2D eigenvalue weighted by atomic mass is 10.0. The molecule has 0 aliphatic carbocycles. The Morgan fingerprint density at radius 2 is 1.71 bits per heavy atom. The summed E-state index contributed by atoms with van der Waals surface area (Å²) in [6.07, 6.45) is 7.52. The minimum atomic E-state index is -3.96. The topological polar surface area (TPSA) is 93.2 Å². The molecule has 4 rings (SSSR count). The van der Waals surface area contributed by atoms with Crippen LogP contribution >= 0.6 is 11.6 Å². The Balaban J connectivity index is 1.85.